The summed E-state index contributed by atoms with van der Waals surface area (Å²) in [5.74, 6) is -0.444. The van der Waals surface area contributed by atoms with E-state index >= 15 is 0 Å². The number of benzene rings is 1. The van der Waals surface area contributed by atoms with Gasteiger partial charge < -0.3 is 4.74 Å². The predicted octanol–water partition coefficient (Wildman–Crippen LogP) is 4.62. The molecule has 4 aromatic rings. The van der Waals surface area contributed by atoms with E-state index in [1.54, 1.807) is 28.7 Å². The molecule has 0 atom stereocenters. The maximum Gasteiger partial charge on any atom is 0.356 e. The number of ether oxygens (including phenoxy) is 1. The number of rotatable bonds is 5. The van der Waals surface area contributed by atoms with Crippen LogP contribution in [-0.4, -0.2) is 21.2 Å². The van der Waals surface area contributed by atoms with E-state index in [4.69, 9.17) is 4.74 Å². The van der Waals surface area contributed by atoms with E-state index in [1.165, 1.54) is 0 Å². The number of H-pyrrole nitrogens is 1. The molecule has 3 aromatic heterocycles. The lowest BCUT2D eigenvalue weighted by Crippen LogP contribution is -2.05. The number of nitrogens with zero attached hydrogens (tertiary/aromatic N) is 2. The van der Waals surface area contributed by atoms with E-state index < -0.39 is 5.97 Å². The maximum absolute atomic E-state index is 12.2. The molecule has 0 spiro atoms. The van der Waals surface area contributed by atoms with E-state index in [9.17, 15) is 4.79 Å². The first kappa shape index (κ1) is 15.7. The molecule has 124 valence electrons. The van der Waals surface area contributed by atoms with Gasteiger partial charge in [-0.15, -0.1) is 22.7 Å². The van der Waals surface area contributed by atoms with Gasteiger partial charge in [0.1, 0.15) is 17.3 Å². The molecule has 0 aliphatic heterocycles. The van der Waals surface area contributed by atoms with Crippen LogP contribution in [0.5, 0.6) is 0 Å². The first-order valence-electron chi connectivity index (χ1n) is 7.56. The van der Waals surface area contributed by atoms with Crippen LogP contribution in [0.3, 0.4) is 0 Å². The summed E-state index contributed by atoms with van der Waals surface area (Å²) in [6.07, 6.45) is 0. The predicted molar refractivity (Wildman–Crippen MR) is 98.6 cm³/mol. The fraction of sp³-hybridized carbons (Fsp3) is 0.0556. The molecule has 7 heteroatoms. The second-order valence-corrected chi connectivity index (χ2v) is 7.04. The third-order valence-corrected chi connectivity index (χ3v) is 5.43. The van der Waals surface area contributed by atoms with Gasteiger partial charge in [0.2, 0.25) is 0 Å². The minimum absolute atomic E-state index is 0.139. The summed E-state index contributed by atoms with van der Waals surface area (Å²) in [5, 5.41) is 11.7. The summed E-state index contributed by atoms with van der Waals surface area (Å²) in [5.41, 5.74) is 2.72. The largest absolute Gasteiger partial charge is 0.454 e. The van der Waals surface area contributed by atoms with Gasteiger partial charge in [0, 0.05) is 10.9 Å². The van der Waals surface area contributed by atoms with E-state index in [-0.39, 0.29) is 6.61 Å². The molecule has 0 bridgehead atoms. The molecule has 0 radical (unpaired) electrons. The Hall–Kier alpha value is -2.77. The van der Waals surface area contributed by atoms with Crippen LogP contribution < -0.4 is 0 Å². The van der Waals surface area contributed by atoms with Gasteiger partial charge in [-0.25, -0.2) is 9.78 Å². The van der Waals surface area contributed by atoms with Gasteiger partial charge in [0.15, 0.2) is 0 Å². The van der Waals surface area contributed by atoms with Gasteiger partial charge in [-0.2, -0.15) is 5.10 Å². The number of thiophene rings is 1. The fourth-order valence-corrected chi connectivity index (χ4v) is 3.91. The molecule has 0 aliphatic rings. The van der Waals surface area contributed by atoms with Crippen LogP contribution in [-0.2, 0) is 11.3 Å². The molecule has 0 unspecified atom stereocenters. The van der Waals surface area contributed by atoms with Crippen molar-refractivity contribution in [3.63, 3.8) is 0 Å². The van der Waals surface area contributed by atoms with Crippen molar-refractivity contribution in [1.29, 1.82) is 0 Å². The van der Waals surface area contributed by atoms with Crippen molar-refractivity contribution in [3.8, 4) is 21.1 Å². The number of aromatic nitrogens is 3. The Balaban J connectivity index is 1.40. The van der Waals surface area contributed by atoms with Gasteiger partial charge in [-0.1, -0.05) is 36.4 Å². The maximum atomic E-state index is 12.2. The molecule has 0 fully saturated rings. The Morgan fingerprint density at radius 3 is 2.80 bits per heavy atom. The van der Waals surface area contributed by atoms with Gasteiger partial charge in [0.25, 0.3) is 0 Å². The van der Waals surface area contributed by atoms with Crippen molar-refractivity contribution >= 4 is 28.6 Å². The molecule has 0 saturated heterocycles. The number of aromatic amines is 1. The fourth-order valence-electron chi connectivity index (χ4n) is 2.29. The van der Waals surface area contributed by atoms with Crippen molar-refractivity contribution in [2.24, 2.45) is 0 Å². The highest BCUT2D eigenvalue weighted by Crippen LogP contribution is 2.28. The summed E-state index contributed by atoms with van der Waals surface area (Å²) < 4.78 is 5.33. The number of nitrogens with one attached hydrogen (secondary N) is 1. The number of carbonyl (C=O) groups excluding carboxylic acids is 1. The summed E-state index contributed by atoms with van der Waals surface area (Å²) in [6.45, 7) is 0.139. The monoisotopic (exact) mass is 367 g/mol. The second kappa shape index (κ2) is 7.00. The van der Waals surface area contributed by atoms with Crippen LogP contribution >= 0.6 is 22.7 Å². The van der Waals surface area contributed by atoms with Crippen molar-refractivity contribution in [1.82, 2.24) is 15.2 Å². The number of thiazole rings is 1. The Morgan fingerprint density at radius 1 is 1.12 bits per heavy atom. The van der Waals surface area contributed by atoms with E-state index in [2.05, 4.69) is 15.2 Å². The standard InChI is InChI=1S/C18H13N3O2S2/c22-18(15-9-14(20-21-15)12-5-2-1-3-6-12)23-10-13-11-25-17(19-13)16-7-4-8-24-16/h1-9,11H,10H2,(H,20,21). The molecule has 3 heterocycles. The third-order valence-electron chi connectivity index (χ3n) is 3.50. The van der Waals surface area contributed by atoms with Crippen molar-refractivity contribution < 1.29 is 9.53 Å². The molecule has 1 N–H and O–H groups in total. The summed E-state index contributed by atoms with van der Waals surface area (Å²) in [4.78, 5) is 17.8. The zero-order chi connectivity index (χ0) is 17.1. The van der Waals surface area contributed by atoms with Crippen molar-refractivity contribution in [3.05, 3.63) is 70.7 Å². The normalized spacial score (nSPS) is 10.7. The summed E-state index contributed by atoms with van der Waals surface area (Å²) in [6, 6.07) is 15.4. The van der Waals surface area contributed by atoms with Crippen molar-refractivity contribution in [2.45, 2.75) is 6.61 Å². The highest BCUT2D eigenvalue weighted by atomic mass is 32.1. The van der Waals surface area contributed by atoms with Crippen LogP contribution in [0.4, 0.5) is 0 Å². The van der Waals surface area contributed by atoms with E-state index in [1.807, 2.05) is 53.2 Å². The smallest absolute Gasteiger partial charge is 0.356 e. The number of esters is 1. The minimum atomic E-state index is -0.444. The Kier molecular flexibility index (Phi) is 4.41. The minimum Gasteiger partial charge on any atom is -0.454 e. The molecule has 25 heavy (non-hydrogen) atoms. The lowest BCUT2D eigenvalue weighted by atomic mass is 10.1. The first-order chi connectivity index (χ1) is 12.3. The zero-order valence-electron chi connectivity index (χ0n) is 13.0. The molecule has 0 amide bonds. The zero-order valence-corrected chi connectivity index (χ0v) is 14.6. The molecule has 0 aliphatic carbocycles. The molecule has 1 aromatic carbocycles. The highest BCUT2D eigenvalue weighted by Gasteiger charge is 2.14. The second-order valence-electron chi connectivity index (χ2n) is 5.23. The van der Waals surface area contributed by atoms with Gasteiger partial charge in [-0.3, -0.25) is 5.10 Å². The molecular formula is C18H13N3O2S2. The highest BCUT2D eigenvalue weighted by molar-refractivity contribution is 7.20. The van der Waals surface area contributed by atoms with Gasteiger partial charge in [0.05, 0.1) is 16.3 Å². The summed E-state index contributed by atoms with van der Waals surface area (Å²) in [7, 11) is 0. The number of hydrogen-bond donors (Lipinski definition) is 1. The first-order valence-corrected chi connectivity index (χ1v) is 9.32. The van der Waals surface area contributed by atoms with Crippen LogP contribution in [0, 0.1) is 0 Å². The summed E-state index contributed by atoms with van der Waals surface area (Å²) >= 11 is 3.18. The van der Waals surface area contributed by atoms with Crippen LogP contribution in [0.1, 0.15) is 16.2 Å². The van der Waals surface area contributed by atoms with E-state index in [0.717, 1.165) is 21.1 Å². The number of carbonyl (C=O) groups is 1. The van der Waals surface area contributed by atoms with Gasteiger partial charge >= 0.3 is 5.97 Å². The van der Waals surface area contributed by atoms with Crippen LogP contribution in [0.25, 0.3) is 21.1 Å². The van der Waals surface area contributed by atoms with Crippen LogP contribution in [0.15, 0.2) is 59.3 Å². The Labute approximate surface area is 152 Å². The lowest BCUT2D eigenvalue weighted by molar-refractivity contribution is 0.0461. The number of hydrogen-bond acceptors (Lipinski definition) is 6. The third kappa shape index (κ3) is 3.52. The SMILES string of the molecule is O=C(OCc1csc(-c2cccs2)n1)c1cc(-c2ccccc2)n[nH]1. The average molecular weight is 367 g/mol. The lowest BCUT2D eigenvalue weighted by Gasteiger charge is -1.99. The van der Waals surface area contributed by atoms with E-state index in [0.29, 0.717) is 11.4 Å². The molecule has 5 nitrogen and oxygen atoms in total. The Morgan fingerprint density at radius 2 is 2.00 bits per heavy atom. The van der Waals surface area contributed by atoms with Gasteiger partial charge in [-0.05, 0) is 17.5 Å². The average Bonchev–Trinajstić information content (AvgIpc) is 3.41. The molecule has 0 saturated carbocycles. The van der Waals surface area contributed by atoms with Crippen LogP contribution in [0.2, 0.25) is 0 Å². The Bertz CT molecular complexity index is 975. The topological polar surface area (TPSA) is 67.9 Å². The van der Waals surface area contributed by atoms with Crippen molar-refractivity contribution in [2.75, 3.05) is 0 Å². The quantitative estimate of drug-likeness (QED) is 0.523. The molecule has 4 rings (SSSR count). The molecular weight excluding hydrogens is 354 g/mol.